The van der Waals surface area contributed by atoms with Gasteiger partial charge in [-0.15, -0.1) is 11.3 Å². The van der Waals surface area contributed by atoms with E-state index in [0.717, 1.165) is 27.7 Å². The summed E-state index contributed by atoms with van der Waals surface area (Å²) in [7, 11) is 0. The fraction of sp³-hybridized carbons (Fsp3) is 0.429. The third kappa shape index (κ3) is 2.60. The van der Waals surface area contributed by atoms with Crippen molar-refractivity contribution in [1.29, 1.82) is 0 Å². The number of nitrogens with two attached hydrogens (primary N) is 1. The van der Waals surface area contributed by atoms with Crippen molar-refractivity contribution in [3.8, 4) is 10.6 Å². The van der Waals surface area contributed by atoms with Gasteiger partial charge in [-0.05, 0) is 31.9 Å². The maximum Gasteiger partial charge on any atom is 0.124 e. The lowest BCUT2D eigenvalue weighted by molar-refractivity contribution is 0.814. The molecule has 4 heteroatoms. The largest absolute Gasteiger partial charge is 0.326 e. The molecule has 0 aliphatic rings. The molecule has 2 aromatic heterocycles. The molecule has 2 heterocycles. The summed E-state index contributed by atoms with van der Waals surface area (Å²) in [4.78, 5) is 10.3. The van der Waals surface area contributed by atoms with Gasteiger partial charge >= 0.3 is 0 Å². The quantitative estimate of drug-likeness (QED) is 0.921. The van der Waals surface area contributed by atoms with E-state index in [0.29, 0.717) is 12.5 Å². The second kappa shape index (κ2) is 5.16. The van der Waals surface area contributed by atoms with E-state index < -0.39 is 0 Å². The minimum Gasteiger partial charge on any atom is -0.326 e. The summed E-state index contributed by atoms with van der Waals surface area (Å²) >= 11 is 1.69. The fourth-order valence-corrected chi connectivity index (χ4v) is 3.12. The van der Waals surface area contributed by atoms with Gasteiger partial charge in [0, 0.05) is 28.4 Å². The summed E-state index contributed by atoms with van der Waals surface area (Å²) in [5.74, 6) is 0.414. The number of hydrogen-bond acceptors (Lipinski definition) is 4. The molecule has 0 saturated heterocycles. The maximum absolute atomic E-state index is 5.80. The van der Waals surface area contributed by atoms with E-state index in [1.807, 2.05) is 13.8 Å². The van der Waals surface area contributed by atoms with Crippen LogP contribution in [0, 0.1) is 13.8 Å². The standard InChI is InChI=1S/C14H19N3S/c1-8(2)13-12(7-15)18-14(17-13)11-5-9(3)16-10(4)6-11/h5-6,8H,7,15H2,1-4H3. The molecule has 2 aromatic rings. The van der Waals surface area contributed by atoms with Gasteiger partial charge in [-0.1, -0.05) is 13.8 Å². The molecule has 2 N–H and O–H groups in total. The lowest BCUT2D eigenvalue weighted by Crippen LogP contribution is -1.99. The second-order valence-electron chi connectivity index (χ2n) is 4.82. The average molecular weight is 261 g/mol. The van der Waals surface area contributed by atoms with Crippen LogP contribution in [-0.2, 0) is 6.54 Å². The molecule has 0 radical (unpaired) electrons. The molecule has 3 nitrogen and oxygen atoms in total. The lowest BCUT2D eigenvalue weighted by Gasteiger charge is -2.02. The Labute approximate surface area is 112 Å². The average Bonchev–Trinajstić information content (AvgIpc) is 2.71. The van der Waals surface area contributed by atoms with Crippen LogP contribution in [0.15, 0.2) is 12.1 Å². The van der Waals surface area contributed by atoms with Gasteiger partial charge in [-0.25, -0.2) is 4.98 Å². The predicted molar refractivity (Wildman–Crippen MR) is 76.8 cm³/mol. The van der Waals surface area contributed by atoms with Gasteiger partial charge in [0.2, 0.25) is 0 Å². The van der Waals surface area contributed by atoms with E-state index >= 15 is 0 Å². The first-order valence-corrected chi connectivity index (χ1v) is 6.98. The lowest BCUT2D eigenvalue weighted by atomic mass is 10.1. The Balaban J connectivity index is 2.50. The Hall–Kier alpha value is -1.26. The number of aryl methyl sites for hydroxylation is 2. The maximum atomic E-state index is 5.80. The third-order valence-corrected chi connectivity index (χ3v) is 3.93. The van der Waals surface area contributed by atoms with Crippen molar-refractivity contribution in [1.82, 2.24) is 9.97 Å². The van der Waals surface area contributed by atoms with Crippen molar-refractivity contribution in [3.63, 3.8) is 0 Å². The van der Waals surface area contributed by atoms with E-state index in [2.05, 4.69) is 31.0 Å². The van der Waals surface area contributed by atoms with Crippen molar-refractivity contribution in [2.24, 2.45) is 5.73 Å². The molecule has 0 amide bonds. The molecule has 0 spiro atoms. The minimum absolute atomic E-state index is 0.414. The van der Waals surface area contributed by atoms with Gasteiger partial charge in [-0.2, -0.15) is 0 Å². The highest BCUT2D eigenvalue weighted by molar-refractivity contribution is 7.15. The van der Waals surface area contributed by atoms with Crippen molar-refractivity contribution in [2.45, 2.75) is 40.2 Å². The minimum atomic E-state index is 0.414. The Morgan fingerprint density at radius 2 is 1.78 bits per heavy atom. The van der Waals surface area contributed by atoms with Crippen molar-refractivity contribution >= 4 is 11.3 Å². The van der Waals surface area contributed by atoms with Gasteiger partial charge in [0.1, 0.15) is 5.01 Å². The van der Waals surface area contributed by atoms with Crippen LogP contribution in [0.3, 0.4) is 0 Å². The van der Waals surface area contributed by atoms with E-state index in [1.165, 1.54) is 4.88 Å². The number of hydrogen-bond donors (Lipinski definition) is 1. The van der Waals surface area contributed by atoms with Crippen LogP contribution in [-0.4, -0.2) is 9.97 Å². The predicted octanol–water partition coefficient (Wildman–Crippen LogP) is 3.40. The second-order valence-corrected chi connectivity index (χ2v) is 5.91. The molecule has 0 aliphatic heterocycles. The van der Waals surface area contributed by atoms with Gasteiger partial charge in [-0.3, -0.25) is 4.98 Å². The van der Waals surface area contributed by atoms with Gasteiger partial charge in [0.25, 0.3) is 0 Å². The zero-order valence-electron chi connectivity index (χ0n) is 11.3. The molecule has 0 unspecified atom stereocenters. The molecule has 0 fully saturated rings. The monoisotopic (exact) mass is 261 g/mol. The first-order valence-electron chi connectivity index (χ1n) is 6.16. The van der Waals surface area contributed by atoms with Crippen molar-refractivity contribution in [3.05, 3.63) is 34.1 Å². The molecular formula is C14H19N3S. The van der Waals surface area contributed by atoms with Gasteiger partial charge in [0.05, 0.1) is 5.69 Å². The first kappa shape index (κ1) is 13.2. The zero-order chi connectivity index (χ0) is 13.3. The van der Waals surface area contributed by atoms with Crippen LogP contribution in [0.1, 0.15) is 41.7 Å². The smallest absolute Gasteiger partial charge is 0.124 e. The zero-order valence-corrected chi connectivity index (χ0v) is 12.1. The van der Waals surface area contributed by atoms with Gasteiger partial charge in [0.15, 0.2) is 0 Å². The summed E-state index contributed by atoms with van der Waals surface area (Å²) < 4.78 is 0. The fourth-order valence-electron chi connectivity index (χ4n) is 2.04. The van der Waals surface area contributed by atoms with E-state index in [-0.39, 0.29) is 0 Å². The summed E-state index contributed by atoms with van der Waals surface area (Å²) in [5.41, 5.74) is 10.1. The Morgan fingerprint density at radius 3 is 2.22 bits per heavy atom. The molecule has 2 rings (SSSR count). The summed E-state index contributed by atoms with van der Waals surface area (Å²) in [6.07, 6.45) is 0. The van der Waals surface area contributed by atoms with Crippen LogP contribution in [0.5, 0.6) is 0 Å². The topological polar surface area (TPSA) is 51.8 Å². The third-order valence-electron chi connectivity index (χ3n) is 2.79. The van der Waals surface area contributed by atoms with Crippen LogP contribution < -0.4 is 5.73 Å². The van der Waals surface area contributed by atoms with Crippen molar-refractivity contribution < 1.29 is 0 Å². The number of thiazole rings is 1. The molecule has 0 saturated carbocycles. The van der Waals surface area contributed by atoms with Crippen LogP contribution >= 0.6 is 11.3 Å². The molecule has 18 heavy (non-hydrogen) atoms. The highest BCUT2D eigenvalue weighted by Crippen LogP contribution is 2.31. The van der Waals surface area contributed by atoms with E-state index in [9.17, 15) is 0 Å². The highest BCUT2D eigenvalue weighted by atomic mass is 32.1. The van der Waals surface area contributed by atoms with E-state index in [1.54, 1.807) is 11.3 Å². The SMILES string of the molecule is Cc1cc(-c2nc(C(C)C)c(CN)s2)cc(C)n1. The van der Waals surface area contributed by atoms with E-state index in [4.69, 9.17) is 10.7 Å². The van der Waals surface area contributed by atoms with Crippen LogP contribution in [0.2, 0.25) is 0 Å². The number of pyridine rings is 1. The molecule has 0 aliphatic carbocycles. The molecular weight excluding hydrogens is 242 g/mol. The summed E-state index contributed by atoms with van der Waals surface area (Å²) in [6.45, 7) is 8.89. The molecule has 0 aromatic carbocycles. The number of aromatic nitrogens is 2. The first-order chi connectivity index (χ1) is 8.51. The molecule has 0 bridgehead atoms. The Morgan fingerprint density at radius 1 is 1.17 bits per heavy atom. The summed E-state index contributed by atoms with van der Waals surface area (Å²) in [6, 6.07) is 4.16. The van der Waals surface area contributed by atoms with Crippen molar-refractivity contribution in [2.75, 3.05) is 0 Å². The van der Waals surface area contributed by atoms with Crippen LogP contribution in [0.25, 0.3) is 10.6 Å². The molecule has 96 valence electrons. The number of rotatable bonds is 3. The summed E-state index contributed by atoms with van der Waals surface area (Å²) in [5, 5.41) is 1.05. The van der Waals surface area contributed by atoms with Gasteiger partial charge < -0.3 is 5.73 Å². The Kier molecular flexibility index (Phi) is 3.78. The normalized spacial score (nSPS) is 11.2. The Bertz CT molecular complexity index is 538. The van der Waals surface area contributed by atoms with Crippen LogP contribution in [0.4, 0.5) is 0 Å². The highest BCUT2D eigenvalue weighted by Gasteiger charge is 2.14. The number of nitrogens with zero attached hydrogens (tertiary/aromatic N) is 2. The molecule has 0 atom stereocenters.